The van der Waals surface area contributed by atoms with Crippen molar-refractivity contribution in [1.29, 1.82) is 0 Å². The fourth-order valence-electron chi connectivity index (χ4n) is 3.60. The van der Waals surface area contributed by atoms with Gasteiger partial charge in [-0.1, -0.05) is 32.9 Å². The maximum Gasteiger partial charge on any atom is 0.291 e. The number of carbonyl (C=O) groups excluding carboxylic acids is 3. The Hall–Kier alpha value is -1.82. The summed E-state index contributed by atoms with van der Waals surface area (Å²) in [5.74, 6) is -1.38. The summed E-state index contributed by atoms with van der Waals surface area (Å²) >= 11 is 5.00. The zero-order valence-electron chi connectivity index (χ0n) is 16.2. The minimum Gasteiger partial charge on any atom is -0.740 e. The van der Waals surface area contributed by atoms with Crippen molar-refractivity contribution < 1.29 is 18.8 Å². The number of aryl methyl sites for hydroxylation is 1. The van der Waals surface area contributed by atoms with E-state index in [0.717, 1.165) is 5.56 Å². The highest BCUT2D eigenvalue weighted by atomic mass is 32.1. The van der Waals surface area contributed by atoms with Crippen LogP contribution in [0.1, 0.15) is 58.4 Å². The first-order valence-corrected chi connectivity index (χ1v) is 9.87. The molecule has 1 unspecified atom stereocenters. The van der Waals surface area contributed by atoms with Crippen molar-refractivity contribution >= 4 is 29.4 Å². The van der Waals surface area contributed by atoms with E-state index < -0.39 is 27.8 Å². The molecule has 1 aromatic carbocycles. The molecule has 4 nitrogen and oxygen atoms in total. The SMILES string of the molecule is CCC(C)(C)C(=O)C(=O)N1CCCC1(CCCc1cccc(F)c1)C(=O)[S-]. The molecule has 1 amide bonds. The van der Waals surface area contributed by atoms with Gasteiger partial charge in [0.05, 0.1) is 5.54 Å². The lowest BCUT2D eigenvalue weighted by Crippen LogP contribution is -2.56. The number of likely N-dealkylation sites (tertiary alicyclic amines) is 1. The van der Waals surface area contributed by atoms with Crippen LogP contribution >= 0.6 is 0 Å². The third-order valence-electron chi connectivity index (χ3n) is 5.75. The molecule has 1 fully saturated rings. The lowest BCUT2D eigenvalue weighted by Gasteiger charge is -2.41. The van der Waals surface area contributed by atoms with Crippen molar-refractivity contribution in [3.8, 4) is 0 Å². The second kappa shape index (κ2) is 8.46. The Morgan fingerprint density at radius 1 is 1.30 bits per heavy atom. The fourth-order valence-corrected chi connectivity index (χ4v) is 3.91. The molecule has 0 saturated carbocycles. The van der Waals surface area contributed by atoms with E-state index in [1.807, 2.05) is 13.0 Å². The maximum atomic E-state index is 13.3. The van der Waals surface area contributed by atoms with Crippen LogP contribution in [0.15, 0.2) is 24.3 Å². The van der Waals surface area contributed by atoms with Crippen LogP contribution in [0.4, 0.5) is 4.39 Å². The van der Waals surface area contributed by atoms with E-state index in [0.29, 0.717) is 45.1 Å². The molecule has 1 aliphatic heterocycles. The number of rotatable bonds is 8. The van der Waals surface area contributed by atoms with Crippen molar-refractivity contribution in [3.05, 3.63) is 35.6 Å². The molecule has 6 heteroatoms. The van der Waals surface area contributed by atoms with Crippen LogP contribution in [0, 0.1) is 11.2 Å². The van der Waals surface area contributed by atoms with Gasteiger partial charge in [0.2, 0.25) is 5.78 Å². The van der Waals surface area contributed by atoms with Crippen LogP contribution in [0.3, 0.4) is 0 Å². The van der Waals surface area contributed by atoms with Crippen LogP contribution in [0.5, 0.6) is 0 Å². The van der Waals surface area contributed by atoms with Crippen molar-refractivity contribution in [1.82, 2.24) is 4.90 Å². The molecule has 27 heavy (non-hydrogen) atoms. The van der Waals surface area contributed by atoms with E-state index in [4.69, 9.17) is 12.6 Å². The Labute approximate surface area is 165 Å². The predicted octanol–water partition coefficient (Wildman–Crippen LogP) is 3.59. The van der Waals surface area contributed by atoms with Gasteiger partial charge >= 0.3 is 0 Å². The molecule has 0 aromatic heterocycles. The highest BCUT2D eigenvalue weighted by molar-refractivity contribution is 7.77. The molecule has 1 saturated heterocycles. The summed E-state index contributed by atoms with van der Waals surface area (Å²) in [4.78, 5) is 39.3. The smallest absolute Gasteiger partial charge is 0.291 e. The van der Waals surface area contributed by atoms with E-state index in [9.17, 15) is 18.8 Å². The molecule has 2 rings (SSSR count). The third-order valence-corrected chi connectivity index (χ3v) is 6.13. The first kappa shape index (κ1) is 21.5. The van der Waals surface area contributed by atoms with Crippen LogP contribution in [0.25, 0.3) is 0 Å². The third kappa shape index (κ3) is 4.54. The number of ketones is 1. The van der Waals surface area contributed by atoms with Gasteiger partial charge in [-0.3, -0.25) is 9.59 Å². The lowest BCUT2D eigenvalue weighted by atomic mass is 9.83. The van der Waals surface area contributed by atoms with Crippen LogP contribution < -0.4 is 0 Å². The highest BCUT2D eigenvalue weighted by Gasteiger charge is 2.47. The van der Waals surface area contributed by atoms with Gasteiger partial charge in [-0.15, -0.1) is 0 Å². The number of Topliss-reactive ketones (excluding diaryl/α,β-unsaturated/α-hetero) is 1. The van der Waals surface area contributed by atoms with Gasteiger partial charge in [0.25, 0.3) is 5.91 Å². The Morgan fingerprint density at radius 3 is 2.59 bits per heavy atom. The molecule has 0 radical (unpaired) electrons. The summed E-state index contributed by atoms with van der Waals surface area (Å²) in [7, 11) is 0. The molecule has 148 valence electrons. The monoisotopic (exact) mass is 392 g/mol. The molecule has 0 spiro atoms. The van der Waals surface area contributed by atoms with Gasteiger partial charge in [0, 0.05) is 17.1 Å². The number of halogens is 1. The minimum atomic E-state index is -1.10. The molecule has 1 aliphatic rings. The Bertz CT molecular complexity index is 734. The number of carbonyl (C=O) groups is 3. The zero-order valence-corrected chi connectivity index (χ0v) is 17.0. The summed E-state index contributed by atoms with van der Waals surface area (Å²) in [5, 5.41) is -0.491. The lowest BCUT2D eigenvalue weighted by molar-refractivity contribution is -0.153. The molecule has 1 atom stereocenters. The van der Waals surface area contributed by atoms with E-state index in [1.54, 1.807) is 19.9 Å². The predicted molar refractivity (Wildman–Crippen MR) is 104 cm³/mol. The molecule has 1 heterocycles. The standard InChI is InChI=1S/C21H28FNO3S/c1-4-20(2,3)17(24)18(25)23-13-7-12-21(23,19(26)27)11-6-9-15-8-5-10-16(22)14-15/h5,8,10,14H,4,6-7,9,11-13H2,1-3H3,(H,26,27)/p-1. The highest BCUT2D eigenvalue weighted by Crippen LogP contribution is 2.36. The number of amides is 1. The van der Waals surface area contributed by atoms with Crippen molar-refractivity contribution in [2.45, 2.75) is 64.8 Å². The van der Waals surface area contributed by atoms with E-state index in [1.165, 1.54) is 17.0 Å². The van der Waals surface area contributed by atoms with Gasteiger partial charge in [0.1, 0.15) is 5.82 Å². The average molecular weight is 393 g/mol. The fraction of sp³-hybridized carbons (Fsp3) is 0.571. The first-order chi connectivity index (χ1) is 12.6. The van der Waals surface area contributed by atoms with Crippen molar-refractivity contribution in [3.63, 3.8) is 0 Å². The van der Waals surface area contributed by atoms with Crippen LogP contribution in [-0.2, 0) is 33.4 Å². The summed E-state index contributed by atoms with van der Waals surface area (Å²) < 4.78 is 13.3. The Morgan fingerprint density at radius 2 is 2.00 bits per heavy atom. The number of hydrogen-bond acceptors (Lipinski definition) is 4. The van der Waals surface area contributed by atoms with Gasteiger partial charge in [-0.25, -0.2) is 4.39 Å². The van der Waals surface area contributed by atoms with Gasteiger partial charge in [-0.2, -0.15) is 0 Å². The molecule has 1 aromatic rings. The van der Waals surface area contributed by atoms with Crippen LogP contribution in [-0.4, -0.2) is 33.8 Å². The summed E-state index contributed by atoms with van der Waals surface area (Å²) in [6.07, 6.45) is 3.22. The number of nitrogens with zero attached hydrogens (tertiary/aromatic N) is 1. The first-order valence-electron chi connectivity index (χ1n) is 9.46. The van der Waals surface area contributed by atoms with Gasteiger partial charge < -0.3 is 22.3 Å². The largest absolute Gasteiger partial charge is 0.740 e. The number of hydrogen-bond donors (Lipinski definition) is 0. The second-order valence-electron chi connectivity index (χ2n) is 7.93. The average Bonchev–Trinajstić information content (AvgIpc) is 3.05. The maximum absolute atomic E-state index is 13.3. The van der Waals surface area contributed by atoms with Gasteiger partial charge in [-0.05, 0) is 56.2 Å². The molecule has 0 bridgehead atoms. The van der Waals surface area contributed by atoms with E-state index >= 15 is 0 Å². The molecular weight excluding hydrogens is 365 g/mol. The van der Waals surface area contributed by atoms with Crippen molar-refractivity contribution in [2.24, 2.45) is 5.41 Å². The van der Waals surface area contributed by atoms with Gasteiger partial charge in [0.15, 0.2) is 0 Å². The summed E-state index contributed by atoms with van der Waals surface area (Å²) in [6.45, 7) is 5.71. The van der Waals surface area contributed by atoms with E-state index in [2.05, 4.69) is 0 Å². The normalized spacial score (nSPS) is 19.9. The molecule has 0 aliphatic carbocycles. The Balaban J connectivity index is 2.16. The topological polar surface area (TPSA) is 54.5 Å². The van der Waals surface area contributed by atoms with Crippen molar-refractivity contribution in [2.75, 3.05) is 6.54 Å². The quantitative estimate of drug-likeness (QED) is 0.501. The minimum absolute atomic E-state index is 0.299. The molecular formula is C21H27FNO3S-. The second-order valence-corrected chi connectivity index (χ2v) is 8.30. The Kier molecular flexibility index (Phi) is 6.73. The molecule has 0 N–H and O–H groups in total. The van der Waals surface area contributed by atoms with Crippen LogP contribution in [0.2, 0.25) is 0 Å². The van der Waals surface area contributed by atoms with E-state index in [-0.39, 0.29) is 5.82 Å². The summed E-state index contributed by atoms with van der Waals surface area (Å²) in [6, 6.07) is 6.33. The zero-order chi connectivity index (χ0) is 20.2. The number of benzene rings is 1. The summed E-state index contributed by atoms with van der Waals surface area (Å²) in [5.41, 5.74) is -1.03.